The highest BCUT2D eigenvalue weighted by Gasteiger charge is 2.66. The molecule has 2 rings (SSSR count). The van der Waals surface area contributed by atoms with Crippen LogP contribution in [-0.4, -0.2) is 229 Å². The number of ketones is 4. The van der Waals surface area contributed by atoms with Crippen LogP contribution in [0.5, 0.6) is 0 Å². The lowest BCUT2D eigenvalue weighted by Crippen LogP contribution is -2.73. The van der Waals surface area contributed by atoms with Crippen LogP contribution in [0, 0.1) is 23.7 Å². The molecule has 20 N–H and O–H groups in total. The van der Waals surface area contributed by atoms with Gasteiger partial charge in [0, 0.05) is 57.3 Å². The smallest absolute Gasteiger partial charge is 0.372 e. The number of ether oxygens (including phenoxy) is 2. The summed E-state index contributed by atoms with van der Waals surface area (Å²) < 4.78 is 11.3. The lowest BCUT2D eigenvalue weighted by molar-refractivity contribution is -0.215. The van der Waals surface area contributed by atoms with Crippen LogP contribution in [0.15, 0.2) is 0 Å². The second-order valence-corrected chi connectivity index (χ2v) is 24.5. The number of nitrogens with two attached hydrogens (primary N) is 4. The van der Waals surface area contributed by atoms with Crippen LogP contribution in [0.1, 0.15) is 182 Å². The summed E-state index contributed by atoms with van der Waals surface area (Å²) in [7, 11) is 2.48. The first-order valence-electron chi connectivity index (χ1n) is 31.4. The number of carboxylic acids is 10. The molecule has 3 amide bonds. The summed E-state index contributed by atoms with van der Waals surface area (Å²) in [5.74, 6) is -31.7. The summed E-state index contributed by atoms with van der Waals surface area (Å²) in [6.45, 7) is 6.70. The molecule has 9 atom stereocenters. The molecule has 0 spiro atoms. The molecule has 560 valence electrons. The Morgan fingerprint density at radius 2 is 0.929 bits per heavy atom. The number of carboxylic acid groups (broad SMARTS) is 10. The highest BCUT2D eigenvalue weighted by Crippen LogP contribution is 2.49. The average Bonchev–Trinajstić information content (AvgIpc) is 0.879. The SMILES string of the molecule is CC(C)C[C@](C(=O)O)(C(CCCC(=O)C(=O)O)C(CCCC(=O)C(=O)O)(OC(=O)[C@@H](N)CCC(N)=O)C(=O)O)N(C)C(CCCC(=O)C(=O)O)C(CCCC(=O)C(=O)O)(OC(=O)[C@@H](N)CCC(N)=O)C(=O)O.CN[C@@H](CC(C)C)C(=O)O.O=C(O)C1CCCC1.O=C1CC[C@@H](C(=O)O)N1. The number of carbonyl (C=O) groups excluding carboxylic acids is 9. The molecule has 1 saturated carbocycles. The maximum Gasteiger partial charge on any atom is 0.372 e. The Kier molecular flexibility index (Phi) is 41.2. The topological polar surface area (TPSA) is 676 Å². The molecule has 38 heteroatoms. The molecule has 38 nitrogen and oxygen atoms in total. The van der Waals surface area contributed by atoms with E-state index in [0.717, 1.165) is 32.7 Å². The maximum atomic E-state index is 14.6. The lowest BCUT2D eigenvalue weighted by atomic mass is 9.63. The van der Waals surface area contributed by atoms with Crippen molar-refractivity contribution in [3.63, 3.8) is 0 Å². The first kappa shape index (κ1) is 91.6. The predicted molar refractivity (Wildman–Crippen MR) is 335 cm³/mol. The van der Waals surface area contributed by atoms with Crippen molar-refractivity contribution in [2.45, 2.75) is 229 Å². The summed E-state index contributed by atoms with van der Waals surface area (Å²) in [6, 6.07) is -7.23. The minimum atomic E-state index is -3.43. The van der Waals surface area contributed by atoms with E-state index in [1.807, 2.05) is 13.8 Å². The van der Waals surface area contributed by atoms with E-state index in [0.29, 0.717) is 30.1 Å². The van der Waals surface area contributed by atoms with Crippen molar-refractivity contribution in [2.24, 2.45) is 46.6 Å². The van der Waals surface area contributed by atoms with Gasteiger partial charge in [-0.15, -0.1) is 0 Å². The van der Waals surface area contributed by atoms with Crippen LogP contribution >= 0.6 is 0 Å². The molecule has 0 aromatic carbocycles. The lowest BCUT2D eigenvalue weighted by Gasteiger charge is -2.55. The number of rotatable bonds is 46. The number of esters is 2. The Labute approximate surface area is 567 Å². The molecule has 0 aromatic rings. The third kappa shape index (κ3) is 31.3. The number of carbonyl (C=O) groups is 19. The van der Waals surface area contributed by atoms with Crippen LogP contribution in [0.25, 0.3) is 0 Å². The van der Waals surface area contributed by atoms with Gasteiger partial charge in [-0.05, 0) is 116 Å². The first-order valence-corrected chi connectivity index (χ1v) is 31.4. The highest BCUT2D eigenvalue weighted by molar-refractivity contribution is 6.33. The van der Waals surface area contributed by atoms with Crippen molar-refractivity contribution in [1.29, 1.82) is 0 Å². The molecule has 0 bridgehead atoms. The van der Waals surface area contributed by atoms with Gasteiger partial charge in [-0.2, -0.15) is 0 Å². The number of nitrogens with zero attached hydrogens (tertiary/aromatic N) is 1. The molecule has 1 saturated heterocycles. The quantitative estimate of drug-likeness (QED) is 0.0265. The number of hydrogen-bond acceptors (Lipinski definition) is 25. The molecule has 2 aliphatic rings. The molecule has 2 fully saturated rings. The fourth-order valence-corrected chi connectivity index (χ4v) is 11.1. The van der Waals surface area contributed by atoms with Gasteiger partial charge in [0.1, 0.15) is 29.7 Å². The van der Waals surface area contributed by atoms with E-state index in [4.69, 9.17) is 47.7 Å². The largest absolute Gasteiger partial charge is 0.481 e. The monoisotopic (exact) mass is 1420 g/mol. The van der Waals surface area contributed by atoms with Gasteiger partial charge < -0.3 is 94.1 Å². The van der Waals surface area contributed by atoms with E-state index in [1.54, 1.807) is 7.05 Å². The van der Waals surface area contributed by atoms with Crippen LogP contribution in [0.2, 0.25) is 0 Å². The first-order chi connectivity index (χ1) is 45.7. The van der Waals surface area contributed by atoms with Crippen molar-refractivity contribution < 1.29 is 152 Å². The van der Waals surface area contributed by atoms with Gasteiger partial charge >= 0.3 is 71.6 Å². The van der Waals surface area contributed by atoms with Crippen LogP contribution in [0.4, 0.5) is 0 Å². The fraction of sp³-hybridized carbons (Fsp3) is 0.689. The minimum absolute atomic E-state index is 0.0185. The summed E-state index contributed by atoms with van der Waals surface area (Å²) >= 11 is 0. The van der Waals surface area contributed by atoms with Crippen LogP contribution in [-0.2, 0) is 101 Å². The zero-order chi connectivity index (χ0) is 77.0. The number of Topliss-reactive ketones (excluding diaryl/α,β-unsaturated/α-hetero) is 4. The van der Waals surface area contributed by atoms with Gasteiger partial charge in [0.25, 0.3) is 0 Å². The van der Waals surface area contributed by atoms with Crippen LogP contribution < -0.4 is 33.6 Å². The molecule has 1 aliphatic heterocycles. The summed E-state index contributed by atoms with van der Waals surface area (Å²) in [5, 5.41) is 102. The van der Waals surface area contributed by atoms with Crippen molar-refractivity contribution in [2.75, 3.05) is 14.1 Å². The van der Waals surface area contributed by atoms with E-state index < -0.39 is 268 Å². The van der Waals surface area contributed by atoms with E-state index in [-0.39, 0.29) is 17.9 Å². The van der Waals surface area contributed by atoms with Crippen molar-refractivity contribution in [3.8, 4) is 0 Å². The van der Waals surface area contributed by atoms with Gasteiger partial charge in [0.2, 0.25) is 52.1 Å². The standard InChI is InChI=1S/C43H63N5O24.C7H15NO2.C6H10O2.C5H7NO3/c1-21(2)20-41(38(65)66,28(12-4-8-24(49)32(55)56)42(39(67)68,18-6-10-26(51)34(59)60)71-36(63)22(44)14-16-30(46)53)48(3)29(13-5-9-25(50)33(57)58)43(40(69)70,19-7-11-27(52)35(61)62)72-37(64)23(45)15-17-31(47)54;1-5(2)4-6(8-3)7(9)10;7-6(8)5-3-1-2-4-5;7-4-2-1-3(6-4)5(8)9/h21-23,28-29H,4-20,44-45H2,1-3H3,(H2,46,53)(H2,47,54)(H,55,56)(H,57,58)(H,59,60)(H,61,62)(H,65,66)(H,67,68)(H,69,70);5-6,8H,4H2,1-3H3,(H,9,10);5H,1-4H2,(H,7,8);3H,1-2H2,(H,6,7)(H,8,9)/t22-,23-,28?,29?,41+,42?,43?;6-;;3-/m00.0/s1. The minimum Gasteiger partial charge on any atom is -0.481 e. The van der Waals surface area contributed by atoms with Gasteiger partial charge in [-0.1, -0.05) is 40.5 Å². The second-order valence-electron chi connectivity index (χ2n) is 24.5. The molecule has 99 heavy (non-hydrogen) atoms. The Bertz CT molecular complexity index is 2910. The van der Waals surface area contributed by atoms with Gasteiger partial charge in [0.15, 0.2) is 0 Å². The number of hydrogen-bond donors (Lipinski definition) is 16. The van der Waals surface area contributed by atoms with Gasteiger partial charge in [0.05, 0.1) is 12.0 Å². The summed E-state index contributed by atoms with van der Waals surface area (Å²) in [6.07, 6.45) is -9.46. The zero-order valence-corrected chi connectivity index (χ0v) is 56.0. The number of primary amides is 2. The highest BCUT2D eigenvalue weighted by atomic mass is 16.6. The Balaban J connectivity index is 0. The number of nitrogens with one attached hydrogen (secondary N) is 2. The predicted octanol–water partition coefficient (Wildman–Crippen LogP) is -0.697. The van der Waals surface area contributed by atoms with Crippen molar-refractivity contribution in [3.05, 3.63) is 0 Å². The van der Waals surface area contributed by atoms with E-state index >= 15 is 0 Å². The molecular weight excluding hydrogens is 1330 g/mol. The van der Waals surface area contributed by atoms with E-state index in [2.05, 4.69) is 10.6 Å². The third-order valence-electron chi connectivity index (χ3n) is 16.2. The fourth-order valence-electron chi connectivity index (χ4n) is 11.1. The van der Waals surface area contributed by atoms with Gasteiger partial charge in [-0.25, -0.2) is 33.6 Å². The summed E-state index contributed by atoms with van der Waals surface area (Å²) in [4.78, 5) is 232. The number of likely N-dealkylation sites (N-methyl/N-ethyl adjacent to an activating group) is 2. The van der Waals surface area contributed by atoms with E-state index in [9.17, 15) is 127 Å². The Morgan fingerprint density at radius 1 is 0.535 bits per heavy atom. The van der Waals surface area contributed by atoms with E-state index in [1.165, 1.54) is 13.8 Å². The zero-order valence-electron chi connectivity index (χ0n) is 56.0. The molecule has 4 unspecified atom stereocenters. The van der Waals surface area contributed by atoms with Gasteiger partial charge in [-0.3, -0.25) is 62.4 Å². The molecule has 1 aliphatic carbocycles. The normalized spacial score (nSPS) is 16.7. The van der Waals surface area contributed by atoms with Crippen molar-refractivity contribution in [1.82, 2.24) is 15.5 Å². The number of aliphatic carboxylic acids is 10. The molecule has 0 radical (unpaired) electrons. The second kappa shape index (κ2) is 44.5. The Morgan fingerprint density at radius 3 is 1.21 bits per heavy atom. The maximum absolute atomic E-state index is 14.6. The third-order valence-corrected chi connectivity index (χ3v) is 16.2. The van der Waals surface area contributed by atoms with Crippen LogP contribution in [0.3, 0.4) is 0 Å². The molecule has 0 aromatic heterocycles. The summed E-state index contributed by atoms with van der Waals surface area (Å²) in [5.41, 5.74) is 12.4. The Hall–Kier alpha value is -9.43. The molecular formula is C61H95N7O31. The van der Waals surface area contributed by atoms with Crippen molar-refractivity contribution >= 4 is 112 Å². The average molecular weight is 1420 g/mol. The number of amides is 3. The molecule has 1 heterocycles.